The van der Waals surface area contributed by atoms with Gasteiger partial charge in [-0.15, -0.1) is 16.4 Å². The van der Waals surface area contributed by atoms with E-state index >= 15 is 0 Å². The highest BCUT2D eigenvalue weighted by atomic mass is 32.1. The molecule has 2 heterocycles. The van der Waals surface area contributed by atoms with Gasteiger partial charge in [0.05, 0.1) is 12.1 Å². The van der Waals surface area contributed by atoms with Gasteiger partial charge in [-0.1, -0.05) is 12.1 Å². The van der Waals surface area contributed by atoms with Crippen molar-refractivity contribution in [1.29, 1.82) is 0 Å². The van der Waals surface area contributed by atoms with Crippen LogP contribution >= 0.6 is 11.3 Å². The summed E-state index contributed by atoms with van der Waals surface area (Å²) in [7, 11) is 1.70. The van der Waals surface area contributed by atoms with E-state index in [2.05, 4.69) is 51.8 Å². The van der Waals surface area contributed by atoms with Gasteiger partial charge in [-0.05, 0) is 41.5 Å². The fourth-order valence-corrected chi connectivity index (χ4v) is 2.81. The van der Waals surface area contributed by atoms with Crippen molar-refractivity contribution in [2.45, 2.75) is 20.3 Å². The smallest absolute Gasteiger partial charge is 0.233 e. The molecule has 0 saturated carbocycles. The van der Waals surface area contributed by atoms with Crippen molar-refractivity contribution in [2.24, 2.45) is 7.05 Å². The predicted octanol–water partition coefficient (Wildman–Crippen LogP) is 2.13. The third-order valence-corrected chi connectivity index (χ3v) is 4.34. The van der Waals surface area contributed by atoms with Gasteiger partial charge in [0.15, 0.2) is 11.0 Å². The van der Waals surface area contributed by atoms with E-state index in [1.165, 1.54) is 27.1 Å². The van der Waals surface area contributed by atoms with Crippen LogP contribution in [0.1, 0.15) is 17.0 Å². The summed E-state index contributed by atoms with van der Waals surface area (Å²) in [5.74, 6) is 0.317. The number of carbonyl (C=O) groups excluding carboxylic acids is 1. The maximum atomic E-state index is 12.0. The van der Waals surface area contributed by atoms with E-state index in [1.54, 1.807) is 7.05 Å². The van der Waals surface area contributed by atoms with Crippen LogP contribution in [0, 0.1) is 13.8 Å². The number of aromatic nitrogens is 5. The molecule has 8 heteroatoms. The Bertz CT molecular complexity index is 853. The maximum Gasteiger partial charge on any atom is 0.233 e. The normalized spacial score (nSPS) is 10.7. The second-order valence-electron chi connectivity index (χ2n) is 5.28. The van der Waals surface area contributed by atoms with Gasteiger partial charge in [-0.3, -0.25) is 4.79 Å². The van der Waals surface area contributed by atoms with Crippen molar-refractivity contribution < 1.29 is 4.79 Å². The lowest BCUT2D eigenvalue weighted by Gasteiger charge is -2.03. The Hall–Kier alpha value is -2.61. The van der Waals surface area contributed by atoms with Gasteiger partial charge >= 0.3 is 0 Å². The number of carbonyl (C=O) groups is 1. The lowest BCUT2D eigenvalue weighted by Crippen LogP contribution is -2.17. The molecule has 1 amide bonds. The number of anilines is 1. The molecule has 0 aliphatic carbocycles. The molecule has 2 aromatic heterocycles. The van der Waals surface area contributed by atoms with Crippen molar-refractivity contribution in [3.63, 3.8) is 0 Å². The topological polar surface area (TPSA) is 85.6 Å². The molecule has 0 saturated heterocycles. The highest BCUT2D eigenvalue weighted by Crippen LogP contribution is 2.26. The fourth-order valence-electron chi connectivity index (χ4n) is 2.07. The zero-order chi connectivity index (χ0) is 16.4. The zero-order valence-electron chi connectivity index (χ0n) is 13.1. The quantitative estimate of drug-likeness (QED) is 0.793. The molecule has 0 radical (unpaired) electrons. The molecule has 3 rings (SSSR count). The second-order valence-corrected chi connectivity index (χ2v) is 6.14. The average molecular weight is 328 g/mol. The summed E-state index contributed by atoms with van der Waals surface area (Å²) in [5, 5.41) is 16.3. The van der Waals surface area contributed by atoms with E-state index in [0.717, 1.165) is 11.3 Å². The van der Waals surface area contributed by atoms with Crippen LogP contribution in [-0.2, 0) is 18.3 Å². The number of hydrogen-bond donors (Lipinski definition) is 1. The summed E-state index contributed by atoms with van der Waals surface area (Å²) in [6.07, 6.45) is 0.113. The van der Waals surface area contributed by atoms with E-state index in [4.69, 9.17) is 0 Å². The van der Waals surface area contributed by atoms with Gasteiger partial charge in [-0.25, -0.2) is 9.67 Å². The number of aryl methyl sites for hydroxylation is 3. The van der Waals surface area contributed by atoms with Crippen LogP contribution in [0.15, 0.2) is 23.6 Å². The van der Waals surface area contributed by atoms with Gasteiger partial charge in [0.2, 0.25) is 5.91 Å². The molecule has 0 unspecified atom stereocenters. The van der Waals surface area contributed by atoms with Gasteiger partial charge < -0.3 is 5.32 Å². The minimum atomic E-state index is -0.191. The van der Waals surface area contributed by atoms with Crippen molar-refractivity contribution in [2.75, 3.05) is 5.32 Å². The Morgan fingerprint density at radius 1 is 1.30 bits per heavy atom. The van der Waals surface area contributed by atoms with Crippen molar-refractivity contribution in [3.05, 3.63) is 40.5 Å². The number of nitrogens with one attached hydrogen (secondary N) is 1. The minimum absolute atomic E-state index is 0.113. The molecule has 118 valence electrons. The predicted molar refractivity (Wildman–Crippen MR) is 88.2 cm³/mol. The SMILES string of the molecule is Cc1ccc(-c2csc(NC(=O)Cc3nnnn3C)n2)cc1C. The first-order valence-electron chi connectivity index (χ1n) is 7.07. The molecule has 3 aromatic rings. The van der Waals surface area contributed by atoms with Gasteiger partial charge in [-0.2, -0.15) is 0 Å². The van der Waals surface area contributed by atoms with E-state index in [9.17, 15) is 4.79 Å². The Kier molecular flexibility index (Phi) is 4.16. The first-order chi connectivity index (χ1) is 11.0. The highest BCUT2D eigenvalue weighted by molar-refractivity contribution is 7.14. The van der Waals surface area contributed by atoms with Crippen molar-refractivity contribution >= 4 is 22.4 Å². The monoisotopic (exact) mass is 328 g/mol. The van der Waals surface area contributed by atoms with Gasteiger partial charge in [0.25, 0.3) is 0 Å². The Morgan fingerprint density at radius 2 is 2.13 bits per heavy atom. The molecule has 0 atom stereocenters. The van der Waals surface area contributed by atoms with E-state index in [0.29, 0.717) is 11.0 Å². The van der Waals surface area contributed by atoms with E-state index < -0.39 is 0 Å². The van der Waals surface area contributed by atoms with Crippen LogP contribution in [0.5, 0.6) is 0 Å². The third-order valence-electron chi connectivity index (χ3n) is 3.58. The van der Waals surface area contributed by atoms with Crippen LogP contribution < -0.4 is 5.32 Å². The fraction of sp³-hybridized carbons (Fsp3) is 0.267. The summed E-state index contributed by atoms with van der Waals surface area (Å²) in [5.41, 5.74) is 4.36. The van der Waals surface area contributed by atoms with Crippen molar-refractivity contribution in [3.8, 4) is 11.3 Å². The maximum absolute atomic E-state index is 12.0. The molecule has 23 heavy (non-hydrogen) atoms. The summed E-state index contributed by atoms with van der Waals surface area (Å²) in [6.45, 7) is 4.15. The average Bonchev–Trinajstić information content (AvgIpc) is 3.12. The lowest BCUT2D eigenvalue weighted by atomic mass is 10.1. The van der Waals surface area contributed by atoms with Crippen LogP contribution in [0.4, 0.5) is 5.13 Å². The Labute approximate surface area is 137 Å². The number of rotatable bonds is 4. The van der Waals surface area contributed by atoms with Crippen LogP contribution in [0.2, 0.25) is 0 Å². The number of thiazole rings is 1. The summed E-state index contributed by atoms with van der Waals surface area (Å²) in [6, 6.07) is 6.21. The molecule has 0 fully saturated rings. The largest absolute Gasteiger partial charge is 0.302 e. The molecule has 0 aliphatic heterocycles. The van der Waals surface area contributed by atoms with Gasteiger partial charge in [0.1, 0.15) is 0 Å². The highest BCUT2D eigenvalue weighted by Gasteiger charge is 2.12. The molecule has 1 N–H and O–H groups in total. The standard InChI is InChI=1S/C15H16N6OS/c1-9-4-5-11(6-10(9)2)12-8-23-15(16-12)17-14(22)7-13-18-19-20-21(13)3/h4-6,8H,7H2,1-3H3,(H,16,17,22). The molecular formula is C15H16N6OS. The minimum Gasteiger partial charge on any atom is -0.302 e. The second kappa shape index (κ2) is 6.25. The number of hydrogen-bond acceptors (Lipinski definition) is 6. The van der Waals surface area contributed by atoms with E-state index in [1.807, 2.05) is 11.4 Å². The molecule has 0 aliphatic rings. The number of benzene rings is 1. The number of amides is 1. The van der Waals surface area contributed by atoms with Crippen LogP contribution in [-0.4, -0.2) is 31.1 Å². The first kappa shape index (κ1) is 15.3. The molecule has 0 bridgehead atoms. The number of nitrogens with zero attached hydrogens (tertiary/aromatic N) is 5. The first-order valence-corrected chi connectivity index (χ1v) is 7.95. The molecule has 7 nitrogen and oxygen atoms in total. The molecule has 1 aromatic carbocycles. The van der Waals surface area contributed by atoms with Crippen molar-refractivity contribution in [1.82, 2.24) is 25.2 Å². The van der Waals surface area contributed by atoms with Crippen LogP contribution in [0.3, 0.4) is 0 Å². The molecular weight excluding hydrogens is 312 g/mol. The summed E-state index contributed by atoms with van der Waals surface area (Å²) >= 11 is 1.40. The Morgan fingerprint density at radius 3 is 2.83 bits per heavy atom. The van der Waals surface area contributed by atoms with E-state index in [-0.39, 0.29) is 12.3 Å². The zero-order valence-corrected chi connectivity index (χ0v) is 13.9. The van der Waals surface area contributed by atoms with Gasteiger partial charge in [0, 0.05) is 18.0 Å². The molecule has 0 spiro atoms. The number of tetrazole rings is 1. The van der Waals surface area contributed by atoms with Crippen LogP contribution in [0.25, 0.3) is 11.3 Å². The third kappa shape index (κ3) is 3.42. The summed E-state index contributed by atoms with van der Waals surface area (Å²) < 4.78 is 1.47. The summed E-state index contributed by atoms with van der Waals surface area (Å²) in [4.78, 5) is 16.5. The lowest BCUT2D eigenvalue weighted by molar-refractivity contribution is -0.115. The Balaban J connectivity index is 1.70.